The summed E-state index contributed by atoms with van der Waals surface area (Å²) in [6, 6.07) is 9.19. The molecule has 2 aromatic rings. The van der Waals surface area contributed by atoms with E-state index in [1.165, 1.54) is 0 Å². The molecular weight excluding hydrogens is 310 g/mol. The molecule has 2 heterocycles. The average molecular weight is 327 g/mol. The van der Waals surface area contributed by atoms with Crippen molar-refractivity contribution in [3.05, 3.63) is 41.5 Å². The van der Waals surface area contributed by atoms with Gasteiger partial charge < -0.3 is 15.0 Å². The fraction of sp³-hybridized carbons (Fsp3) is 0.375. The molecule has 0 spiro atoms. The molecule has 124 valence electrons. The summed E-state index contributed by atoms with van der Waals surface area (Å²) in [6.07, 6.45) is 1.86. The summed E-state index contributed by atoms with van der Waals surface area (Å²) in [5.41, 5.74) is 5.66. The van der Waals surface area contributed by atoms with Gasteiger partial charge >= 0.3 is 0 Å². The van der Waals surface area contributed by atoms with Crippen LogP contribution >= 0.6 is 0 Å². The highest BCUT2D eigenvalue weighted by atomic mass is 16.5. The van der Waals surface area contributed by atoms with E-state index < -0.39 is 5.91 Å². The van der Waals surface area contributed by atoms with Gasteiger partial charge in [-0.15, -0.1) is 0 Å². The topological polar surface area (TPSA) is 118 Å². The Hall–Kier alpha value is -2.92. The molecule has 1 aliphatic rings. The molecule has 0 aliphatic carbocycles. The lowest BCUT2D eigenvalue weighted by Crippen LogP contribution is -2.28. The minimum absolute atomic E-state index is 0.0413. The predicted molar refractivity (Wildman–Crippen MR) is 83.0 cm³/mol. The lowest BCUT2D eigenvalue weighted by Gasteiger charge is -2.21. The van der Waals surface area contributed by atoms with Crippen molar-refractivity contribution in [3.63, 3.8) is 0 Å². The SMILES string of the molecule is N#Cc1ccccc1OCCN1CCC[C@@H]1c1nc(C(N)=O)no1. The number of para-hydroxylation sites is 1. The molecular formula is C16H17N5O3. The Morgan fingerprint density at radius 3 is 3.08 bits per heavy atom. The van der Waals surface area contributed by atoms with Crippen molar-refractivity contribution < 1.29 is 14.1 Å². The van der Waals surface area contributed by atoms with E-state index in [0.717, 1.165) is 19.4 Å². The highest BCUT2D eigenvalue weighted by Gasteiger charge is 2.31. The van der Waals surface area contributed by atoms with Gasteiger partial charge in [0.1, 0.15) is 18.4 Å². The summed E-state index contributed by atoms with van der Waals surface area (Å²) in [7, 11) is 0. The molecule has 0 unspecified atom stereocenters. The molecule has 1 fully saturated rings. The summed E-state index contributed by atoms with van der Waals surface area (Å²) in [6.45, 7) is 1.97. The van der Waals surface area contributed by atoms with Crippen LogP contribution in [-0.2, 0) is 0 Å². The molecule has 1 aliphatic heterocycles. The highest BCUT2D eigenvalue weighted by molar-refractivity contribution is 5.88. The standard InChI is InChI=1S/C16H17N5O3/c17-10-11-4-1-2-6-13(11)23-9-8-21-7-3-5-12(21)16-19-15(14(18)22)20-24-16/h1-2,4,6,12H,3,5,7-9H2,(H2,18,22)/t12-/m1/s1. The average Bonchev–Trinajstić information content (AvgIpc) is 3.24. The van der Waals surface area contributed by atoms with Crippen molar-refractivity contribution in [2.45, 2.75) is 18.9 Å². The van der Waals surface area contributed by atoms with Crippen molar-refractivity contribution >= 4 is 5.91 Å². The second-order valence-electron chi connectivity index (χ2n) is 5.47. The van der Waals surface area contributed by atoms with Crippen molar-refractivity contribution in [1.29, 1.82) is 5.26 Å². The van der Waals surface area contributed by atoms with Gasteiger partial charge in [0.2, 0.25) is 5.89 Å². The maximum absolute atomic E-state index is 11.1. The quantitative estimate of drug-likeness (QED) is 0.848. The maximum atomic E-state index is 11.1. The van der Waals surface area contributed by atoms with E-state index in [-0.39, 0.29) is 11.9 Å². The first-order valence-corrected chi connectivity index (χ1v) is 7.68. The summed E-state index contributed by atoms with van der Waals surface area (Å²) in [4.78, 5) is 17.3. The Morgan fingerprint density at radius 1 is 1.50 bits per heavy atom. The number of aromatic nitrogens is 2. The molecule has 8 heteroatoms. The number of ether oxygens (including phenoxy) is 1. The first-order valence-electron chi connectivity index (χ1n) is 7.68. The number of nitrogens with zero attached hydrogens (tertiary/aromatic N) is 4. The normalized spacial score (nSPS) is 17.5. The zero-order chi connectivity index (χ0) is 16.9. The van der Waals surface area contributed by atoms with Crippen molar-refractivity contribution in [3.8, 4) is 11.8 Å². The van der Waals surface area contributed by atoms with Gasteiger partial charge in [-0.05, 0) is 31.5 Å². The molecule has 1 amide bonds. The van der Waals surface area contributed by atoms with Gasteiger partial charge in [0.05, 0.1) is 11.6 Å². The van der Waals surface area contributed by atoms with Gasteiger partial charge in [0, 0.05) is 6.54 Å². The zero-order valence-electron chi connectivity index (χ0n) is 13.0. The lowest BCUT2D eigenvalue weighted by molar-refractivity contribution is 0.0987. The van der Waals surface area contributed by atoms with Crippen LogP contribution in [0.3, 0.4) is 0 Å². The summed E-state index contributed by atoms with van der Waals surface area (Å²) < 4.78 is 10.9. The van der Waals surface area contributed by atoms with Gasteiger partial charge in [-0.2, -0.15) is 10.2 Å². The number of likely N-dealkylation sites (tertiary alicyclic amines) is 1. The van der Waals surface area contributed by atoms with E-state index in [2.05, 4.69) is 21.1 Å². The second-order valence-corrected chi connectivity index (χ2v) is 5.47. The van der Waals surface area contributed by atoms with E-state index in [4.69, 9.17) is 20.3 Å². The number of carbonyl (C=O) groups is 1. The van der Waals surface area contributed by atoms with Crippen LogP contribution in [-0.4, -0.2) is 40.6 Å². The van der Waals surface area contributed by atoms with E-state index in [1.54, 1.807) is 18.2 Å². The first-order chi connectivity index (χ1) is 11.7. The summed E-state index contributed by atoms with van der Waals surface area (Å²) in [5.74, 6) is 0.172. The first kappa shape index (κ1) is 16.0. The largest absolute Gasteiger partial charge is 0.491 e. The summed E-state index contributed by atoms with van der Waals surface area (Å²) >= 11 is 0. The van der Waals surface area contributed by atoms with E-state index in [0.29, 0.717) is 30.4 Å². The number of amides is 1. The third-order valence-electron chi connectivity index (χ3n) is 3.95. The Balaban J connectivity index is 1.60. The Bertz CT molecular complexity index is 767. The number of carbonyl (C=O) groups excluding carboxylic acids is 1. The molecule has 3 rings (SSSR count). The van der Waals surface area contributed by atoms with Gasteiger partial charge in [0.15, 0.2) is 0 Å². The minimum atomic E-state index is -0.703. The van der Waals surface area contributed by atoms with Crippen molar-refractivity contribution in [2.75, 3.05) is 19.7 Å². The van der Waals surface area contributed by atoms with Crippen molar-refractivity contribution in [2.24, 2.45) is 5.73 Å². The number of nitrogens with two attached hydrogens (primary N) is 1. The van der Waals surface area contributed by atoms with Crippen LogP contribution in [0.25, 0.3) is 0 Å². The number of hydrogen-bond donors (Lipinski definition) is 1. The number of primary amides is 1. The van der Waals surface area contributed by atoms with Crippen LogP contribution in [0.2, 0.25) is 0 Å². The van der Waals surface area contributed by atoms with Gasteiger partial charge in [-0.3, -0.25) is 9.69 Å². The molecule has 24 heavy (non-hydrogen) atoms. The van der Waals surface area contributed by atoms with Crippen LogP contribution in [0, 0.1) is 11.3 Å². The number of nitriles is 1. The molecule has 1 saturated heterocycles. The van der Waals surface area contributed by atoms with Gasteiger partial charge in [0.25, 0.3) is 11.7 Å². The van der Waals surface area contributed by atoms with Crippen LogP contribution in [0.4, 0.5) is 0 Å². The number of rotatable bonds is 6. The monoisotopic (exact) mass is 327 g/mol. The van der Waals surface area contributed by atoms with E-state index in [1.807, 2.05) is 6.07 Å². The second kappa shape index (κ2) is 7.10. The molecule has 0 bridgehead atoms. The molecule has 1 aromatic carbocycles. The number of hydrogen-bond acceptors (Lipinski definition) is 7. The van der Waals surface area contributed by atoms with Gasteiger partial charge in [-0.1, -0.05) is 17.3 Å². The van der Waals surface area contributed by atoms with Crippen molar-refractivity contribution in [1.82, 2.24) is 15.0 Å². The maximum Gasteiger partial charge on any atom is 0.290 e. The Kier molecular flexibility index (Phi) is 4.72. The third kappa shape index (κ3) is 3.36. The van der Waals surface area contributed by atoms with Crippen LogP contribution in [0.15, 0.2) is 28.8 Å². The van der Waals surface area contributed by atoms with Crippen LogP contribution in [0.5, 0.6) is 5.75 Å². The fourth-order valence-electron chi connectivity index (χ4n) is 2.80. The molecule has 8 nitrogen and oxygen atoms in total. The smallest absolute Gasteiger partial charge is 0.290 e. The predicted octanol–water partition coefficient (Wildman–Crippen LogP) is 1.26. The lowest BCUT2D eigenvalue weighted by atomic mass is 10.2. The molecule has 0 radical (unpaired) electrons. The molecule has 0 saturated carbocycles. The molecule has 2 N–H and O–H groups in total. The molecule has 1 atom stereocenters. The highest BCUT2D eigenvalue weighted by Crippen LogP contribution is 2.30. The third-order valence-corrected chi connectivity index (χ3v) is 3.95. The zero-order valence-corrected chi connectivity index (χ0v) is 13.0. The minimum Gasteiger partial charge on any atom is -0.491 e. The van der Waals surface area contributed by atoms with E-state index in [9.17, 15) is 4.79 Å². The van der Waals surface area contributed by atoms with Crippen LogP contribution < -0.4 is 10.5 Å². The van der Waals surface area contributed by atoms with Crippen LogP contribution in [0.1, 0.15) is 41.0 Å². The Labute approximate surface area is 138 Å². The summed E-state index contributed by atoms with van der Waals surface area (Å²) in [5, 5.41) is 12.7. The Morgan fingerprint density at radius 2 is 2.33 bits per heavy atom. The fourth-order valence-corrected chi connectivity index (χ4v) is 2.80. The molecule has 1 aromatic heterocycles. The van der Waals surface area contributed by atoms with E-state index >= 15 is 0 Å². The van der Waals surface area contributed by atoms with Gasteiger partial charge in [-0.25, -0.2) is 0 Å². The number of benzene rings is 1.